The third-order valence-corrected chi connectivity index (χ3v) is 5.90. The molecule has 0 bridgehead atoms. The summed E-state index contributed by atoms with van der Waals surface area (Å²) in [6.07, 6.45) is 4.78. The quantitative estimate of drug-likeness (QED) is 0.909. The lowest BCUT2D eigenvalue weighted by molar-refractivity contribution is 0.0918. The lowest BCUT2D eigenvalue weighted by Gasteiger charge is -2.35. The van der Waals surface area contributed by atoms with Crippen LogP contribution in [0.1, 0.15) is 54.8 Å². The fourth-order valence-corrected chi connectivity index (χ4v) is 4.05. The SMILES string of the molecule is C[C@@H]1CN(C2CCN(C)CC2)C[C@H]1NC(=O)c1cc(C2CC2)on1. The maximum Gasteiger partial charge on any atom is 0.273 e. The van der Waals surface area contributed by atoms with Gasteiger partial charge in [-0.15, -0.1) is 0 Å². The molecule has 2 aliphatic heterocycles. The molecule has 6 heteroatoms. The van der Waals surface area contributed by atoms with Crippen LogP contribution in [0.2, 0.25) is 0 Å². The van der Waals surface area contributed by atoms with Gasteiger partial charge in [-0.2, -0.15) is 0 Å². The van der Waals surface area contributed by atoms with Gasteiger partial charge < -0.3 is 14.7 Å². The maximum absolute atomic E-state index is 12.5. The van der Waals surface area contributed by atoms with Gasteiger partial charge in [-0.05, 0) is 51.7 Å². The van der Waals surface area contributed by atoms with Crippen LogP contribution in [0.15, 0.2) is 10.6 Å². The molecule has 2 atom stereocenters. The first kappa shape index (κ1) is 16.1. The summed E-state index contributed by atoms with van der Waals surface area (Å²) in [4.78, 5) is 17.4. The fraction of sp³-hybridized carbons (Fsp3) is 0.778. The van der Waals surface area contributed by atoms with Crippen molar-refractivity contribution in [3.05, 3.63) is 17.5 Å². The van der Waals surface area contributed by atoms with E-state index in [1.165, 1.54) is 25.9 Å². The van der Waals surface area contributed by atoms with Crippen molar-refractivity contribution in [1.29, 1.82) is 0 Å². The second-order valence-corrected chi connectivity index (χ2v) is 7.93. The van der Waals surface area contributed by atoms with Gasteiger partial charge in [0.15, 0.2) is 5.69 Å². The van der Waals surface area contributed by atoms with Gasteiger partial charge in [0.1, 0.15) is 5.76 Å². The standard InChI is InChI=1S/C18H28N4O2/c1-12-10-22(14-5-7-21(2)8-6-14)11-16(12)19-18(23)15-9-17(24-20-15)13-3-4-13/h9,12-14,16H,3-8,10-11H2,1-2H3,(H,19,23)/t12-,16-/m1/s1. The highest BCUT2D eigenvalue weighted by atomic mass is 16.5. The molecular formula is C18H28N4O2. The van der Waals surface area contributed by atoms with Crippen LogP contribution in [0, 0.1) is 5.92 Å². The molecule has 24 heavy (non-hydrogen) atoms. The van der Waals surface area contributed by atoms with E-state index >= 15 is 0 Å². The number of amides is 1. The Hall–Kier alpha value is -1.40. The van der Waals surface area contributed by atoms with Crippen molar-refractivity contribution < 1.29 is 9.32 Å². The largest absolute Gasteiger partial charge is 0.360 e. The summed E-state index contributed by atoms with van der Waals surface area (Å²) < 4.78 is 5.30. The molecule has 0 spiro atoms. The lowest BCUT2D eigenvalue weighted by Crippen LogP contribution is -2.44. The number of nitrogens with one attached hydrogen (secondary N) is 1. The number of rotatable bonds is 4. The van der Waals surface area contributed by atoms with Crippen molar-refractivity contribution in [1.82, 2.24) is 20.3 Å². The van der Waals surface area contributed by atoms with Crippen molar-refractivity contribution in [2.75, 3.05) is 33.2 Å². The average molecular weight is 332 g/mol. The first-order valence-corrected chi connectivity index (χ1v) is 9.30. The van der Waals surface area contributed by atoms with E-state index in [-0.39, 0.29) is 11.9 Å². The van der Waals surface area contributed by atoms with Crippen LogP contribution < -0.4 is 5.32 Å². The highest BCUT2D eigenvalue weighted by molar-refractivity contribution is 5.92. The molecule has 1 saturated carbocycles. The summed E-state index contributed by atoms with van der Waals surface area (Å²) in [6, 6.07) is 2.69. The molecule has 1 aliphatic carbocycles. The molecule has 3 aliphatic rings. The molecule has 3 fully saturated rings. The molecule has 4 rings (SSSR count). The summed E-state index contributed by atoms with van der Waals surface area (Å²) in [5.74, 6) is 1.74. The van der Waals surface area contributed by atoms with Gasteiger partial charge in [-0.1, -0.05) is 12.1 Å². The molecular weight excluding hydrogens is 304 g/mol. The number of carbonyl (C=O) groups is 1. The second-order valence-electron chi connectivity index (χ2n) is 7.93. The van der Waals surface area contributed by atoms with E-state index in [0.717, 1.165) is 31.7 Å². The molecule has 6 nitrogen and oxygen atoms in total. The van der Waals surface area contributed by atoms with Crippen molar-refractivity contribution >= 4 is 5.91 Å². The second kappa shape index (κ2) is 6.48. The Morgan fingerprint density at radius 1 is 1.25 bits per heavy atom. The van der Waals surface area contributed by atoms with Crippen LogP contribution in [0.25, 0.3) is 0 Å². The molecule has 0 unspecified atom stereocenters. The Morgan fingerprint density at radius 2 is 2.00 bits per heavy atom. The molecule has 1 amide bonds. The first-order valence-electron chi connectivity index (χ1n) is 9.30. The zero-order valence-electron chi connectivity index (χ0n) is 14.7. The van der Waals surface area contributed by atoms with E-state index in [9.17, 15) is 4.79 Å². The topological polar surface area (TPSA) is 61.6 Å². The Labute approximate surface area is 143 Å². The fourth-order valence-electron chi connectivity index (χ4n) is 4.05. The number of hydrogen-bond acceptors (Lipinski definition) is 5. The zero-order valence-corrected chi connectivity index (χ0v) is 14.7. The molecule has 2 saturated heterocycles. The Kier molecular flexibility index (Phi) is 4.35. The van der Waals surface area contributed by atoms with Crippen LogP contribution >= 0.6 is 0 Å². The molecule has 0 radical (unpaired) electrons. The van der Waals surface area contributed by atoms with Crippen LogP contribution in [0.4, 0.5) is 0 Å². The number of likely N-dealkylation sites (tertiary alicyclic amines) is 2. The minimum Gasteiger partial charge on any atom is -0.360 e. The van der Waals surface area contributed by atoms with E-state index in [2.05, 4.69) is 34.2 Å². The number of piperidine rings is 1. The molecule has 3 heterocycles. The molecule has 1 aromatic heterocycles. The summed E-state index contributed by atoms with van der Waals surface area (Å²) in [6.45, 7) is 6.61. The molecule has 132 valence electrons. The Morgan fingerprint density at radius 3 is 2.71 bits per heavy atom. The summed E-state index contributed by atoms with van der Waals surface area (Å²) in [5, 5.41) is 7.14. The van der Waals surface area contributed by atoms with Crippen molar-refractivity contribution in [2.45, 2.75) is 50.6 Å². The van der Waals surface area contributed by atoms with E-state index < -0.39 is 0 Å². The minimum atomic E-state index is -0.0901. The molecule has 1 aromatic rings. The maximum atomic E-state index is 12.5. The van der Waals surface area contributed by atoms with Crippen LogP contribution in [0.5, 0.6) is 0 Å². The predicted octanol–water partition coefficient (Wildman–Crippen LogP) is 1.70. The highest BCUT2D eigenvalue weighted by Crippen LogP contribution is 2.40. The Balaban J connectivity index is 1.33. The van der Waals surface area contributed by atoms with Gasteiger partial charge in [-0.3, -0.25) is 9.69 Å². The number of hydrogen-bond donors (Lipinski definition) is 1. The summed E-state index contributed by atoms with van der Waals surface area (Å²) in [7, 11) is 2.19. The monoisotopic (exact) mass is 332 g/mol. The van der Waals surface area contributed by atoms with E-state index in [1.807, 2.05) is 6.07 Å². The van der Waals surface area contributed by atoms with Crippen LogP contribution in [0.3, 0.4) is 0 Å². The van der Waals surface area contributed by atoms with Gasteiger partial charge in [0.05, 0.1) is 0 Å². The van der Waals surface area contributed by atoms with Crippen molar-refractivity contribution in [3.63, 3.8) is 0 Å². The van der Waals surface area contributed by atoms with Gasteiger partial charge in [0, 0.05) is 37.2 Å². The molecule has 0 aromatic carbocycles. The molecule has 1 N–H and O–H groups in total. The van der Waals surface area contributed by atoms with Crippen LogP contribution in [-0.4, -0.2) is 66.2 Å². The van der Waals surface area contributed by atoms with Gasteiger partial charge in [0.25, 0.3) is 5.91 Å². The first-order chi connectivity index (χ1) is 11.6. The smallest absolute Gasteiger partial charge is 0.273 e. The minimum absolute atomic E-state index is 0.0901. The number of aromatic nitrogens is 1. The van der Waals surface area contributed by atoms with Crippen molar-refractivity contribution in [2.24, 2.45) is 5.92 Å². The average Bonchev–Trinajstić information content (AvgIpc) is 3.19. The predicted molar refractivity (Wildman–Crippen MR) is 91.0 cm³/mol. The summed E-state index contributed by atoms with van der Waals surface area (Å²) in [5.41, 5.74) is 0.432. The van der Waals surface area contributed by atoms with Crippen molar-refractivity contribution in [3.8, 4) is 0 Å². The third kappa shape index (κ3) is 3.35. The normalized spacial score (nSPS) is 29.9. The number of nitrogens with zero attached hydrogens (tertiary/aromatic N) is 3. The van der Waals surface area contributed by atoms with E-state index in [4.69, 9.17) is 4.52 Å². The van der Waals surface area contributed by atoms with Gasteiger partial charge in [0.2, 0.25) is 0 Å². The van der Waals surface area contributed by atoms with Crippen LogP contribution in [-0.2, 0) is 0 Å². The van der Waals surface area contributed by atoms with E-state index in [0.29, 0.717) is 23.6 Å². The Bertz CT molecular complexity index is 590. The lowest BCUT2D eigenvalue weighted by atomic mass is 10.0. The van der Waals surface area contributed by atoms with E-state index in [1.54, 1.807) is 0 Å². The highest BCUT2D eigenvalue weighted by Gasteiger charge is 2.36. The number of carbonyl (C=O) groups excluding carboxylic acids is 1. The van der Waals surface area contributed by atoms with Gasteiger partial charge >= 0.3 is 0 Å². The van der Waals surface area contributed by atoms with Gasteiger partial charge in [-0.25, -0.2) is 0 Å². The summed E-state index contributed by atoms with van der Waals surface area (Å²) >= 11 is 0. The third-order valence-electron chi connectivity index (χ3n) is 5.90. The zero-order chi connectivity index (χ0) is 16.7.